The van der Waals surface area contributed by atoms with Crippen LogP contribution in [0.2, 0.25) is 0 Å². The Morgan fingerprint density at radius 2 is 1.81 bits per heavy atom. The van der Waals surface area contributed by atoms with E-state index >= 15 is 0 Å². The summed E-state index contributed by atoms with van der Waals surface area (Å²) in [6.07, 6.45) is 0.563. The molecule has 1 aliphatic rings. The van der Waals surface area contributed by atoms with E-state index in [1.54, 1.807) is 0 Å². The number of esters is 2. The molecule has 0 bridgehead atoms. The zero-order valence-electron chi connectivity index (χ0n) is 10.4. The van der Waals surface area contributed by atoms with Crippen molar-refractivity contribution in [2.24, 2.45) is 0 Å². The van der Waals surface area contributed by atoms with Gasteiger partial charge in [0.1, 0.15) is 0 Å². The van der Waals surface area contributed by atoms with Gasteiger partial charge in [-0.3, -0.25) is 0 Å². The van der Waals surface area contributed by atoms with Crippen molar-refractivity contribution in [1.29, 1.82) is 0 Å². The van der Waals surface area contributed by atoms with Crippen LogP contribution in [0.15, 0.2) is 23.4 Å². The molecule has 0 atom stereocenters. The number of methoxy groups -OCH3 is 2. The van der Waals surface area contributed by atoms with Crippen molar-refractivity contribution in [1.82, 2.24) is 0 Å². The Bertz CT molecular complexity index is 628. The molecule has 118 valence electrons. The molecule has 0 saturated heterocycles. The molecule has 8 nitrogen and oxygen atoms in total. The quantitative estimate of drug-likeness (QED) is 0.314. The summed E-state index contributed by atoms with van der Waals surface area (Å²) in [5.74, 6) is -5.40. The number of halogens is 3. The van der Waals surface area contributed by atoms with Crippen LogP contribution in [0, 0.1) is 0 Å². The summed E-state index contributed by atoms with van der Waals surface area (Å²) in [5.41, 5.74) is -5.76. The second-order valence-corrected chi connectivity index (χ2v) is 4.80. The number of carbonyl (C=O) groups excluding carboxylic acids is 2. The maximum atomic E-state index is 12.2. The molecule has 0 aromatic carbocycles. The molecule has 1 aliphatic heterocycles. The summed E-state index contributed by atoms with van der Waals surface area (Å²) < 4.78 is 75.0. The topological polar surface area (TPSA) is 105 Å². The number of alkyl halides is 3. The first-order chi connectivity index (χ1) is 9.53. The third kappa shape index (κ3) is 3.45. The van der Waals surface area contributed by atoms with Crippen molar-refractivity contribution in [2.45, 2.75) is 5.51 Å². The Kier molecular flexibility index (Phi) is 4.51. The average molecular weight is 332 g/mol. The molecule has 0 aliphatic carbocycles. The highest BCUT2D eigenvalue weighted by atomic mass is 32.2. The van der Waals surface area contributed by atoms with Gasteiger partial charge in [0.25, 0.3) is 5.76 Å². The molecule has 21 heavy (non-hydrogen) atoms. The minimum atomic E-state index is -6.10. The van der Waals surface area contributed by atoms with Crippen LogP contribution >= 0.6 is 0 Å². The largest absolute Gasteiger partial charge is 0.534 e. The normalized spacial score (nSPS) is 17.8. The molecule has 0 unspecified atom stereocenters. The van der Waals surface area contributed by atoms with E-state index in [9.17, 15) is 31.2 Å². The van der Waals surface area contributed by atoms with Crippen molar-refractivity contribution >= 4 is 22.1 Å². The van der Waals surface area contributed by atoms with Crippen molar-refractivity contribution in [3.63, 3.8) is 0 Å². The second-order valence-electron chi connectivity index (χ2n) is 3.27. The van der Waals surface area contributed by atoms with Gasteiger partial charge in [-0.25, -0.2) is 9.59 Å². The predicted octanol–water partition coefficient (Wildman–Crippen LogP) is 0.324. The molecular formula is C9H7F3O8S. The van der Waals surface area contributed by atoms with E-state index in [1.165, 1.54) is 0 Å². The highest BCUT2D eigenvalue weighted by molar-refractivity contribution is 7.87. The SMILES string of the molecule is COC(=O)/C=C1\OC(=O)C(OS(=O)(=O)C(F)(F)F)=C1OC. The van der Waals surface area contributed by atoms with Gasteiger partial charge in [0, 0.05) is 0 Å². The van der Waals surface area contributed by atoms with Gasteiger partial charge in [-0.2, -0.15) is 21.6 Å². The number of hydrogen-bond donors (Lipinski definition) is 0. The van der Waals surface area contributed by atoms with Gasteiger partial charge in [0.15, 0.2) is 5.76 Å². The summed E-state index contributed by atoms with van der Waals surface area (Å²) in [7, 11) is -4.22. The molecule has 1 rings (SSSR count). The Labute approximate surface area is 115 Å². The molecule has 0 amide bonds. The third-order valence-electron chi connectivity index (χ3n) is 1.95. The fourth-order valence-corrected chi connectivity index (χ4v) is 1.54. The first-order valence-corrected chi connectivity index (χ1v) is 6.25. The van der Waals surface area contributed by atoms with Crippen LogP contribution < -0.4 is 0 Å². The summed E-state index contributed by atoms with van der Waals surface area (Å²) in [6, 6.07) is 0. The smallest absolute Gasteiger partial charge is 0.489 e. The van der Waals surface area contributed by atoms with Gasteiger partial charge in [0.05, 0.1) is 20.3 Å². The number of cyclic esters (lactones) is 1. The summed E-state index contributed by atoms with van der Waals surface area (Å²) in [6.45, 7) is 0. The minimum absolute atomic E-state index is 0.563. The van der Waals surface area contributed by atoms with Crippen molar-refractivity contribution in [3.8, 4) is 0 Å². The molecule has 1 heterocycles. The van der Waals surface area contributed by atoms with Crippen molar-refractivity contribution in [3.05, 3.63) is 23.4 Å². The van der Waals surface area contributed by atoms with Crippen molar-refractivity contribution in [2.75, 3.05) is 14.2 Å². The highest BCUT2D eigenvalue weighted by Gasteiger charge is 2.51. The van der Waals surface area contributed by atoms with E-state index in [-0.39, 0.29) is 0 Å². The molecule has 0 aromatic rings. The van der Waals surface area contributed by atoms with E-state index < -0.39 is 44.8 Å². The highest BCUT2D eigenvalue weighted by Crippen LogP contribution is 2.33. The number of carbonyl (C=O) groups is 2. The average Bonchev–Trinajstić information content (AvgIpc) is 2.63. The standard InChI is InChI=1S/C9H7F3O8S/c1-17-5(13)3-4-6(18-2)7(8(14)19-4)20-21(15,16)9(10,11)12/h3H,1-2H3/b4-3-. The molecule has 0 fully saturated rings. The Morgan fingerprint density at radius 3 is 2.24 bits per heavy atom. The summed E-state index contributed by atoms with van der Waals surface area (Å²) in [4.78, 5) is 22.3. The van der Waals surface area contributed by atoms with E-state index in [0.29, 0.717) is 6.08 Å². The van der Waals surface area contributed by atoms with E-state index in [0.717, 1.165) is 14.2 Å². The van der Waals surface area contributed by atoms with Crippen LogP contribution in [0.25, 0.3) is 0 Å². The Morgan fingerprint density at radius 1 is 1.24 bits per heavy atom. The number of rotatable bonds is 4. The lowest BCUT2D eigenvalue weighted by atomic mass is 10.3. The third-order valence-corrected chi connectivity index (χ3v) is 2.90. The lowest BCUT2D eigenvalue weighted by Gasteiger charge is -2.08. The minimum Gasteiger partial charge on any atom is -0.489 e. The van der Waals surface area contributed by atoms with Gasteiger partial charge < -0.3 is 18.4 Å². The summed E-state index contributed by atoms with van der Waals surface area (Å²) >= 11 is 0. The predicted molar refractivity (Wildman–Crippen MR) is 56.3 cm³/mol. The molecule has 0 aromatic heterocycles. The molecule has 0 saturated carbocycles. The molecular weight excluding hydrogens is 325 g/mol. The fourth-order valence-electron chi connectivity index (χ4n) is 1.08. The van der Waals surface area contributed by atoms with Gasteiger partial charge in [-0.05, 0) is 0 Å². The first kappa shape index (κ1) is 16.8. The Balaban J connectivity index is 3.26. The molecule has 0 N–H and O–H groups in total. The lowest BCUT2D eigenvalue weighted by molar-refractivity contribution is -0.136. The van der Waals surface area contributed by atoms with Crippen LogP contribution in [-0.2, 0) is 38.1 Å². The van der Waals surface area contributed by atoms with Gasteiger partial charge in [0.2, 0.25) is 5.76 Å². The van der Waals surface area contributed by atoms with Gasteiger partial charge in [-0.1, -0.05) is 0 Å². The first-order valence-electron chi connectivity index (χ1n) is 4.84. The van der Waals surface area contributed by atoms with Gasteiger partial charge in [-0.15, -0.1) is 0 Å². The van der Waals surface area contributed by atoms with Gasteiger partial charge >= 0.3 is 27.6 Å². The number of hydrogen-bond acceptors (Lipinski definition) is 8. The van der Waals surface area contributed by atoms with Crippen LogP contribution in [0.3, 0.4) is 0 Å². The maximum Gasteiger partial charge on any atom is 0.534 e. The number of ether oxygens (including phenoxy) is 3. The van der Waals surface area contributed by atoms with E-state index in [1.807, 2.05) is 0 Å². The monoisotopic (exact) mass is 332 g/mol. The zero-order valence-corrected chi connectivity index (χ0v) is 11.2. The van der Waals surface area contributed by atoms with E-state index in [2.05, 4.69) is 18.4 Å². The molecule has 0 spiro atoms. The molecule has 0 radical (unpaired) electrons. The Hall–Kier alpha value is -2.24. The van der Waals surface area contributed by atoms with Crippen molar-refractivity contribution < 1.29 is 49.6 Å². The van der Waals surface area contributed by atoms with Crippen LogP contribution in [-0.4, -0.2) is 40.1 Å². The molecule has 12 heteroatoms. The van der Waals surface area contributed by atoms with Crippen LogP contribution in [0.5, 0.6) is 0 Å². The lowest BCUT2D eigenvalue weighted by Crippen LogP contribution is -2.26. The van der Waals surface area contributed by atoms with E-state index in [4.69, 9.17) is 0 Å². The maximum absolute atomic E-state index is 12.2. The second kappa shape index (κ2) is 5.63. The summed E-state index contributed by atoms with van der Waals surface area (Å²) in [5, 5.41) is 0. The van der Waals surface area contributed by atoms with Crippen LogP contribution in [0.4, 0.5) is 13.2 Å². The van der Waals surface area contributed by atoms with Crippen LogP contribution in [0.1, 0.15) is 0 Å². The fraction of sp³-hybridized carbons (Fsp3) is 0.333. The zero-order chi connectivity index (χ0) is 16.4.